The van der Waals surface area contributed by atoms with Crippen molar-refractivity contribution in [3.8, 4) is 0 Å². The van der Waals surface area contributed by atoms with Gasteiger partial charge in [0.15, 0.2) is 0 Å². The van der Waals surface area contributed by atoms with Crippen LogP contribution in [0.1, 0.15) is 119 Å². The van der Waals surface area contributed by atoms with Crippen LogP contribution in [0.5, 0.6) is 0 Å². The zero-order chi connectivity index (χ0) is 22.4. The fourth-order valence-electron chi connectivity index (χ4n) is 11.2. The molecule has 0 aliphatic heterocycles. The van der Waals surface area contributed by atoms with E-state index in [0.29, 0.717) is 39.6 Å². The van der Waals surface area contributed by atoms with E-state index in [2.05, 4.69) is 41.5 Å². The Hall–Kier alpha value is -0.660. The lowest BCUT2D eigenvalue weighted by molar-refractivity contribution is -0.230. The predicted octanol–water partition coefficient (Wildman–Crippen LogP) is 7.39. The second-order valence-corrected chi connectivity index (χ2v) is 13.7. The molecule has 5 fully saturated rings. The van der Waals surface area contributed by atoms with Crippen LogP contribution >= 0.6 is 0 Å². The molecular formula is C29H46O2. The Bertz CT molecular complexity index is 797. The van der Waals surface area contributed by atoms with Crippen molar-refractivity contribution in [1.29, 1.82) is 0 Å². The minimum atomic E-state index is -0.160. The van der Waals surface area contributed by atoms with Crippen molar-refractivity contribution in [1.82, 2.24) is 0 Å². The molecule has 5 rings (SSSR count). The summed E-state index contributed by atoms with van der Waals surface area (Å²) in [4.78, 5) is 26.1. The molecule has 5 aliphatic rings. The Morgan fingerprint density at radius 1 is 0.806 bits per heavy atom. The molecule has 5 saturated carbocycles. The van der Waals surface area contributed by atoms with Gasteiger partial charge in [-0.2, -0.15) is 0 Å². The van der Waals surface area contributed by atoms with Crippen molar-refractivity contribution < 1.29 is 9.59 Å². The SMILES string of the molecule is CCC(=O)C12CCCC1[C@H]1CC[C@@H]3[C@@]4(C)CCC(=O)C(C)(C)[C@@H]4CC[C@@]3(C)[C@]1(C)CC2. The lowest BCUT2D eigenvalue weighted by Gasteiger charge is -2.72. The molecule has 0 aromatic heterocycles. The lowest BCUT2D eigenvalue weighted by atomic mass is 9.32. The van der Waals surface area contributed by atoms with Crippen molar-refractivity contribution in [2.75, 3.05) is 0 Å². The van der Waals surface area contributed by atoms with Gasteiger partial charge in [-0.05, 0) is 97.7 Å². The molecule has 0 spiro atoms. The zero-order valence-corrected chi connectivity index (χ0v) is 21.1. The van der Waals surface area contributed by atoms with Gasteiger partial charge in [-0.3, -0.25) is 9.59 Å². The van der Waals surface area contributed by atoms with Gasteiger partial charge in [0.2, 0.25) is 0 Å². The molecule has 0 saturated heterocycles. The molecule has 31 heavy (non-hydrogen) atoms. The highest BCUT2D eigenvalue weighted by molar-refractivity contribution is 5.86. The van der Waals surface area contributed by atoms with Gasteiger partial charge >= 0.3 is 0 Å². The first-order chi connectivity index (χ1) is 14.5. The van der Waals surface area contributed by atoms with Crippen molar-refractivity contribution >= 4 is 11.6 Å². The number of hydrogen-bond donors (Lipinski definition) is 0. The van der Waals surface area contributed by atoms with Crippen molar-refractivity contribution in [3.05, 3.63) is 0 Å². The van der Waals surface area contributed by atoms with Crippen molar-refractivity contribution in [3.63, 3.8) is 0 Å². The smallest absolute Gasteiger partial charge is 0.139 e. The molecule has 0 heterocycles. The Labute approximate surface area is 190 Å². The number of fused-ring (bicyclic) bond motifs is 7. The highest BCUT2D eigenvalue weighted by Gasteiger charge is 2.70. The standard InChI is InChI=1S/C29H46O2/c1-7-23(30)29-14-8-9-20(29)19-10-11-22-26(4)15-13-24(31)25(2,3)21(26)12-16-28(22,6)27(19,5)17-18-29/h19-22H,7-18H2,1-6H3/t19-,20?,21+,22-,26+,27-,28-,29?/m1/s1. The first kappa shape index (κ1) is 22.1. The van der Waals surface area contributed by atoms with Gasteiger partial charge in [-0.25, -0.2) is 0 Å². The van der Waals surface area contributed by atoms with E-state index in [0.717, 1.165) is 43.9 Å². The summed E-state index contributed by atoms with van der Waals surface area (Å²) in [5.41, 5.74) is 0.848. The molecule has 2 heteroatoms. The maximum absolute atomic E-state index is 13.2. The number of hydrogen-bond acceptors (Lipinski definition) is 2. The lowest BCUT2D eigenvalue weighted by Crippen LogP contribution is -2.66. The van der Waals surface area contributed by atoms with Gasteiger partial charge in [0.05, 0.1) is 0 Å². The van der Waals surface area contributed by atoms with Gasteiger partial charge in [0.1, 0.15) is 11.6 Å². The van der Waals surface area contributed by atoms with Crippen molar-refractivity contribution in [2.45, 2.75) is 119 Å². The summed E-state index contributed by atoms with van der Waals surface area (Å²) in [6.45, 7) is 14.5. The van der Waals surface area contributed by atoms with Crippen LogP contribution in [0, 0.1) is 50.7 Å². The molecule has 2 nitrogen and oxygen atoms in total. The number of carbonyl (C=O) groups excluding carboxylic acids is 2. The second-order valence-electron chi connectivity index (χ2n) is 13.7. The summed E-state index contributed by atoms with van der Waals surface area (Å²) in [6, 6.07) is 0. The normalized spacial score (nSPS) is 53.2. The van der Waals surface area contributed by atoms with E-state index in [4.69, 9.17) is 0 Å². The predicted molar refractivity (Wildman–Crippen MR) is 126 cm³/mol. The minimum Gasteiger partial charge on any atom is -0.299 e. The van der Waals surface area contributed by atoms with Gasteiger partial charge in [0, 0.05) is 23.7 Å². The fraction of sp³-hybridized carbons (Fsp3) is 0.931. The molecule has 0 aromatic rings. The van der Waals surface area contributed by atoms with E-state index >= 15 is 0 Å². The Morgan fingerprint density at radius 2 is 1.55 bits per heavy atom. The Morgan fingerprint density at radius 3 is 2.26 bits per heavy atom. The maximum Gasteiger partial charge on any atom is 0.139 e. The Kier molecular flexibility index (Phi) is 4.78. The third-order valence-corrected chi connectivity index (χ3v) is 13.0. The van der Waals surface area contributed by atoms with Gasteiger partial charge < -0.3 is 0 Å². The maximum atomic E-state index is 13.2. The van der Waals surface area contributed by atoms with E-state index < -0.39 is 0 Å². The molecular weight excluding hydrogens is 380 g/mol. The Balaban J connectivity index is 1.53. The molecule has 5 aliphatic carbocycles. The molecule has 0 N–H and O–H groups in total. The summed E-state index contributed by atoms with van der Waals surface area (Å²) in [5, 5.41) is 0. The summed E-state index contributed by atoms with van der Waals surface area (Å²) in [5.74, 6) is 3.70. The largest absolute Gasteiger partial charge is 0.299 e. The monoisotopic (exact) mass is 426 g/mol. The summed E-state index contributed by atoms with van der Waals surface area (Å²) >= 11 is 0. The molecule has 0 aromatic carbocycles. The van der Waals surface area contributed by atoms with E-state index in [1.807, 2.05) is 0 Å². The van der Waals surface area contributed by atoms with Crippen LogP contribution in [-0.2, 0) is 9.59 Å². The summed E-state index contributed by atoms with van der Waals surface area (Å²) < 4.78 is 0. The molecule has 2 unspecified atom stereocenters. The zero-order valence-electron chi connectivity index (χ0n) is 21.1. The number of rotatable bonds is 2. The summed E-state index contributed by atoms with van der Waals surface area (Å²) in [6.07, 6.45) is 13.8. The first-order valence-electron chi connectivity index (χ1n) is 13.5. The van der Waals surface area contributed by atoms with Crippen LogP contribution in [0.25, 0.3) is 0 Å². The van der Waals surface area contributed by atoms with E-state index in [-0.39, 0.29) is 10.8 Å². The highest BCUT2D eigenvalue weighted by Crippen LogP contribution is 2.76. The molecule has 0 bridgehead atoms. The van der Waals surface area contributed by atoms with E-state index in [1.54, 1.807) is 0 Å². The molecule has 8 atom stereocenters. The molecule has 0 amide bonds. The number of Topliss-reactive ketones (excluding diaryl/α,β-unsaturated/α-hetero) is 2. The van der Waals surface area contributed by atoms with Crippen LogP contribution in [0.2, 0.25) is 0 Å². The fourth-order valence-corrected chi connectivity index (χ4v) is 11.2. The van der Waals surface area contributed by atoms with E-state index in [1.165, 1.54) is 44.9 Å². The number of carbonyl (C=O) groups is 2. The quantitative estimate of drug-likeness (QED) is 0.461. The number of ketones is 2. The van der Waals surface area contributed by atoms with Gasteiger partial charge in [-0.1, -0.05) is 48.0 Å². The van der Waals surface area contributed by atoms with Crippen LogP contribution in [-0.4, -0.2) is 11.6 Å². The van der Waals surface area contributed by atoms with Gasteiger partial charge in [-0.15, -0.1) is 0 Å². The van der Waals surface area contributed by atoms with Crippen LogP contribution < -0.4 is 0 Å². The third-order valence-electron chi connectivity index (χ3n) is 13.0. The minimum absolute atomic E-state index is 0.0163. The second kappa shape index (κ2) is 6.69. The van der Waals surface area contributed by atoms with Crippen LogP contribution in [0.4, 0.5) is 0 Å². The van der Waals surface area contributed by atoms with Crippen LogP contribution in [0.15, 0.2) is 0 Å². The molecule has 174 valence electrons. The van der Waals surface area contributed by atoms with E-state index in [9.17, 15) is 9.59 Å². The third kappa shape index (κ3) is 2.52. The molecule has 0 radical (unpaired) electrons. The van der Waals surface area contributed by atoms with Gasteiger partial charge in [0.25, 0.3) is 0 Å². The average Bonchev–Trinajstić information content (AvgIpc) is 3.16. The van der Waals surface area contributed by atoms with Crippen molar-refractivity contribution in [2.24, 2.45) is 50.7 Å². The summed E-state index contributed by atoms with van der Waals surface area (Å²) in [7, 11) is 0. The van der Waals surface area contributed by atoms with Crippen LogP contribution in [0.3, 0.4) is 0 Å². The average molecular weight is 427 g/mol. The highest BCUT2D eigenvalue weighted by atomic mass is 16.1. The topological polar surface area (TPSA) is 34.1 Å². The first-order valence-corrected chi connectivity index (χ1v) is 13.5.